The Morgan fingerprint density at radius 1 is 1.31 bits per heavy atom. The summed E-state index contributed by atoms with van der Waals surface area (Å²) in [6.45, 7) is 6.72. The fourth-order valence-corrected chi connectivity index (χ4v) is 3.37. The zero-order valence-corrected chi connectivity index (χ0v) is 15.3. The molecule has 0 fully saturated rings. The van der Waals surface area contributed by atoms with Crippen LogP contribution in [-0.4, -0.2) is 23.0 Å². The Kier molecular flexibility index (Phi) is 4.27. The number of ketones is 1. The predicted molar refractivity (Wildman–Crippen MR) is 92.2 cm³/mol. The third-order valence-corrected chi connectivity index (χ3v) is 5.05. The summed E-state index contributed by atoms with van der Waals surface area (Å²) in [6.07, 6.45) is 1.66. The molecule has 3 rings (SSSR count). The van der Waals surface area contributed by atoms with Gasteiger partial charge in [-0.15, -0.1) is 0 Å². The molecule has 2 unspecified atom stereocenters. The predicted octanol–water partition coefficient (Wildman–Crippen LogP) is 3.36. The van der Waals surface area contributed by atoms with Crippen LogP contribution >= 0.6 is 0 Å². The second-order valence-corrected chi connectivity index (χ2v) is 7.25. The van der Waals surface area contributed by atoms with Crippen LogP contribution in [0, 0.1) is 11.3 Å². The highest BCUT2D eigenvalue weighted by Gasteiger charge is 2.58. The van der Waals surface area contributed by atoms with E-state index < -0.39 is 23.3 Å². The fraction of sp³-hybridized carbons (Fsp3) is 0.450. The first-order valence-electron chi connectivity index (χ1n) is 8.49. The summed E-state index contributed by atoms with van der Waals surface area (Å²) in [4.78, 5) is 23.4. The van der Waals surface area contributed by atoms with Crippen molar-refractivity contribution in [2.45, 2.75) is 57.8 Å². The molecule has 2 atom stereocenters. The van der Waals surface area contributed by atoms with E-state index in [4.69, 9.17) is 14.2 Å². The number of esters is 1. The lowest BCUT2D eigenvalue weighted by molar-refractivity contribution is -0.217. The number of hydrogen-bond acceptors (Lipinski definition) is 6. The number of nitriles is 1. The maximum Gasteiger partial charge on any atom is 0.303 e. The minimum absolute atomic E-state index is 0.00603. The van der Waals surface area contributed by atoms with E-state index in [2.05, 4.69) is 6.07 Å². The molecule has 6 heteroatoms. The van der Waals surface area contributed by atoms with Gasteiger partial charge in [0.05, 0.1) is 11.6 Å². The van der Waals surface area contributed by atoms with Crippen molar-refractivity contribution in [3.63, 3.8) is 0 Å². The van der Waals surface area contributed by atoms with Gasteiger partial charge in [0.15, 0.2) is 17.5 Å². The number of nitrogens with zero attached hydrogens (tertiary/aromatic N) is 1. The van der Waals surface area contributed by atoms with Crippen molar-refractivity contribution in [1.82, 2.24) is 0 Å². The molecule has 0 bridgehead atoms. The summed E-state index contributed by atoms with van der Waals surface area (Å²) in [6, 6.07) is 7.16. The second kappa shape index (κ2) is 6.17. The summed E-state index contributed by atoms with van der Waals surface area (Å²) in [5.41, 5.74) is -0.991. The van der Waals surface area contributed by atoms with Crippen LogP contribution in [0.4, 0.5) is 0 Å². The Bertz CT molecular complexity index is 848. The van der Waals surface area contributed by atoms with E-state index >= 15 is 0 Å². The van der Waals surface area contributed by atoms with Crippen LogP contribution in [0.15, 0.2) is 30.0 Å². The van der Waals surface area contributed by atoms with Gasteiger partial charge in [0.25, 0.3) is 0 Å². The summed E-state index contributed by atoms with van der Waals surface area (Å²) in [5.74, 6) is 0.651. The molecule has 0 radical (unpaired) electrons. The molecule has 1 heterocycles. The van der Waals surface area contributed by atoms with Crippen molar-refractivity contribution >= 4 is 11.8 Å². The average molecular weight is 355 g/mol. The van der Waals surface area contributed by atoms with Gasteiger partial charge < -0.3 is 14.2 Å². The van der Waals surface area contributed by atoms with Crippen LogP contribution in [-0.2, 0) is 19.1 Å². The molecule has 1 aliphatic heterocycles. The van der Waals surface area contributed by atoms with Crippen molar-refractivity contribution in [2.75, 3.05) is 0 Å². The quantitative estimate of drug-likeness (QED) is 0.773. The van der Waals surface area contributed by atoms with Crippen molar-refractivity contribution in [1.29, 1.82) is 5.26 Å². The molecule has 6 nitrogen and oxygen atoms in total. The van der Waals surface area contributed by atoms with Gasteiger partial charge in [0, 0.05) is 31.4 Å². The van der Waals surface area contributed by atoms with E-state index in [-0.39, 0.29) is 5.78 Å². The molecule has 26 heavy (non-hydrogen) atoms. The summed E-state index contributed by atoms with van der Waals surface area (Å²) in [5, 5.41) is 9.25. The average Bonchev–Trinajstić information content (AvgIpc) is 2.96. The summed E-state index contributed by atoms with van der Waals surface area (Å²) in [7, 11) is 0. The first-order valence-corrected chi connectivity index (χ1v) is 8.49. The van der Waals surface area contributed by atoms with Gasteiger partial charge >= 0.3 is 5.97 Å². The van der Waals surface area contributed by atoms with Crippen LogP contribution < -0.4 is 4.74 Å². The van der Waals surface area contributed by atoms with Gasteiger partial charge in [-0.2, -0.15) is 5.26 Å². The molecular weight excluding hydrogens is 334 g/mol. The van der Waals surface area contributed by atoms with E-state index in [0.29, 0.717) is 35.5 Å². The number of rotatable bonds is 3. The first-order chi connectivity index (χ1) is 12.2. The Hall–Kier alpha value is -2.81. The Balaban J connectivity index is 2.14. The maximum absolute atomic E-state index is 11.8. The van der Waals surface area contributed by atoms with Gasteiger partial charge in [-0.3, -0.25) is 9.59 Å². The maximum atomic E-state index is 11.8. The number of benzene rings is 1. The summed E-state index contributed by atoms with van der Waals surface area (Å²) >= 11 is 0. The molecule has 0 saturated heterocycles. The van der Waals surface area contributed by atoms with E-state index in [1.165, 1.54) is 13.0 Å². The van der Waals surface area contributed by atoms with Crippen molar-refractivity contribution in [2.24, 2.45) is 0 Å². The molecule has 0 spiro atoms. The van der Waals surface area contributed by atoms with Gasteiger partial charge in [0.1, 0.15) is 17.1 Å². The number of allylic oxidation sites excluding steroid dienone is 2. The van der Waals surface area contributed by atoms with Crippen LogP contribution in [0.3, 0.4) is 0 Å². The van der Waals surface area contributed by atoms with Gasteiger partial charge in [-0.05, 0) is 39.0 Å². The number of hydrogen-bond donors (Lipinski definition) is 0. The molecule has 1 aromatic rings. The smallest absolute Gasteiger partial charge is 0.303 e. The SMILES string of the molecule is CC(=O)OC1(C)C(OC2=CC(=O)CC2)c2cc(C#N)ccc2OC1(C)C. The van der Waals surface area contributed by atoms with E-state index in [0.717, 1.165) is 0 Å². The zero-order valence-electron chi connectivity index (χ0n) is 15.3. The van der Waals surface area contributed by atoms with E-state index in [9.17, 15) is 14.9 Å². The van der Waals surface area contributed by atoms with Gasteiger partial charge in [0.2, 0.25) is 0 Å². The standard InChI is InChI=1S/C20H21NO5/c1-12(22)25-20(4)18(24-15-7-6-14(23)10-15)16-9-13(11-21)5-8-17(16)26-19(20,2)3/h5,8-10,18H,6-7H2,1-4H3. The number of fused-ring (bicyclic) bond motifs is 1. The Morgan fingerprint density at radius 2 is 2.04 bits per heavy atom. The minimum Gasteiger partial charge on any atom is -0.485 e. The van der Waals surface area contributed by atoms with Gasteiger partial charge in [-0.25, -0.2) is 0 Å². The highest BCUT2D eigenvalue weighted by molar-refractivity contribution is 5.92. The lowest BCUT2D eigenvalue weighted by Crippen LogP contribution is -2.60. The molecule has 1 aliphatic carbocycles. The topological polar surface area (TPSA) is 85.6 Å². The van der Waals surface area contributed by atoms with Crippen molar-refractivity contribution in [3.8, 4) is 11.8 Å². The number of ether oxygens (including phenoxy) is 3. The molecular formula is C20H21NO5. The lowest BCUT2D eigenvalue weighted by Gasteiger charge is -2.51. The Morgan fingerprint density at radius 3 is 2.62 bits per heavy atom. The monoisotopic (exact) mass is 355 g/mol. The highest BCUT2D eigenvalue weighted by atomic mass is 16.6. The third kappa shape index (κ3) is 2.94. The first kappa shape index (κ1) is 18.0. The molecule has 0 aromatic heterocycles. The van der Waals surface area contributed by atoms with Crippen LogP contribution in [0.5, 0.6) is 5.75 Å². The number of carbonyl (C=O) groups is 2. The van der Waals surface area contributed by atoms with Crippen LogP contribution in [0.2, 0.25) is 0 Å². The normalized spacial score (nSPS) is 26.2. The zero-order chi connectivity index (χ0) is 19.1. The van der Waals surface area contributed by atoms with Crippen molar-refractivity contribution < 1.29 is 23.8 Å². The van der Waals surface area contributed by atoms with Crippen LogP contribution in [0.25, 0.3) is 0 Å². The summed E-state index contributed by atoms with van der Waals surface area (Å²) < 4.78 is 18.0. The third-order valence-electron chi connectivity index (χ3n) is 5.05. The van der Waals surface area contributed by atoms with Crippen molar-refractivity contribution in [3.05, 3.63) is 41.2 Å². The van der Waals surface area contributed by atoms with E-state index in [1.54, 1.807) is 25.1 Å². The molecule has 0 saturated carbocycles. The highest BCUT2D eigenvalue weighted by Crippen LogP contribution is 2.51. The van der Waals surface area contributed by atoms with Gasteiger partial charge in [-0.1, -0.05) is 0 Å². The minimum atomic E-state index is -1.16. The molecule has 136 valence electrons. The molecule has 2 aliphatic rings. The Labute approximate surface area is 152 Å². The molecule has 0 amide bonds. The van der Waals surface area contributed by atoms with E-state index in [1.807, 2.05) is 13.8 Å². The van der Waals surface area contributed by atoms with Crippen LogP contribution in [0.1, 0.15) is 57.8 Å². The molecule has 0 N–H and O–H groups in total. The fourth-order valence-electron chi connectivity index (χ4n) is 3.37. The number of carbonyl (C=O) groups excluding carboxylic acids is 2. The molecule has 1 aromatic carbocycles. The lowest BCUT2D eigenvalue weighted by atomic mass is 9.76. The largest absolute Gasteiger partial charge is 0.485 e. The second-order valence-electron chi connectivity index (χ2n) is 7.25.